The molecule has 0 aromatic heterocycles. The van der Waals surface area contributed by atoms with E-state index in [9.17, 15) is 0 Å². The Morgan fingerprint density at radius 2 is 1.31 bits per heavy atom. The summed E-state index contributed by atoms with van der Waals surface area (Å²) in [6, 6.07) is 44.2. The van der Waals surface area contributed by atoms with Crippen molar-refractivity contribution in [2.45, 2.75) is 31.7 Å². The molecule has 0 fully saturated rings. The zero-order valence-electron chi connectivity index (χ0n) is 24.4. The Labute approximate surface area is 248 Å². The first-order valence-corrected chi connectivity index (χ1v) is 14.9. The van der Waals surface area contributed by atoms with Gasteiger partial charge in [0.25, 0.3) is 0 Å². The Bertz CT molecular complexity index is 1850. The molecule has 0 unspecified atom stereocenters. The van der Waals surface area contributed by atoms with Crippen LogP contribution in [-0.4, -0.2) is 17.9 Å². The number of hydrogen-bond acceptors (Lipinski definition) is 2. The second-order valence-corrected chi connectivity index (χ2v) is 12.0. The highest BCUT2D eigenvalue weighted by molar-refractivity contribution is 6.11. The Morgan fingerprint density at radius 1 is 0.714 bits per heavy atom. The molecular formula is C40H35NO. The molecular weight excluding hydrogens is 510 g/mol. The first-order valence-electron chi connectivity index (χ1n) is 14.9. The SMILES string of the molecule is CCN1c2ccc3ccccc3c2C(C)(C)[C@]12C=C(c1ccccc1)C=C(c1ccccc1)[C@H]2C(=O)c1ccccc1. The van der Waals surface area contributed by atoms with Crippen molar-refractivity contribution < 1.29 is 4.79 Å². The van der Waals surface area contributed by atoms with Crippen LogP contribution >= 0.6 is 0 Å². The first-order chi connectivity index (χ1) is 20.5. The van der Waals surface area contributed by atoms with Crippen molar-refractivity contribution in [2.75, 3.05) is 11.4 Å². The van der Waals surface area contributed by atoms with E-state index in [4.69, 9.17) is 0 Å². The summed E-state index contributed by atoms with van der Waals surface area (Å²) in [6.45, 7) is 7.70. The topological polar surface area (TPSA) is 20.3 Å². The number of nitrogens with zero attached hydrogens (tertiary/aromatic N) is 1. The van der Waals surface area contributed by atoms with Crippen LogP contribution in [0.25, 0.3) is 21.9 Å². The second kappa shape index (κ2) is 9.99. The van der Waals surface area contributed by atoms with Crippen molar-refractivity contribution in [3.05, 3.63) is 162 Å². The van der Waals surface area contributed by atoms with E-state index in [1.165, 1.54) is 22.0 Å². The van der Waals surface area contributed by atoms with E-state index >= 15 is 4.79 Å². The molecule has 5 aromatic rings. The minimum absolute atomic E-state index is 0.151. The number of allylic oxidation sites excluding steroid dienone is 2. The predicted molar refractivity (Wildman–Crippen MR) is 176 cm³/mol. The number of ketones is 1. The van der Waals surface area contributed by atoms with E-state index in [-0.39, 0.29) is 5.78 Å². The second-order valence-electron chi connectivity index (χ2n) is 12.0. The largest absolute Gasteiger partial charge is 0.360 e. The van der Waals surface area contributed by atoms with Gasteiger partial charge in [0, 0.05) is 23.2 Å². The van der Waals surface area contributed by atoms with Crippen LogP contribution in [-0.2, 0) is 5.41 Å². The predicted octanol–water partition coefficient (Wildman–Crippen LogP) is 9.38. The summed E-state index contributed by atoms with van der Waals surface area (Å²) < 4.78 is 0. The van der Waals surface area contributed by atoms with Gasteiger partial charge in [-0.15, -0.1) is 0 Å². The maximum atomic E-state index is 15.1. The highest BCUT2D eigenvalue weighted by Gasteiger charge is 2.63. The molecule has 0 saturated carbocycles. The van der Waals surface area contributed by atoms with Gasteiger partial charge >= 0.3 is 0 Å². The van der Waals surface area contributed by atoms with Gasteiger partial charge in [-0.05, 0) is 63.8 Å². The highest BCUT2D eigenvalue weighted by atomic mass is 16.1. The number of Topliss-reactive ketones (excluding diaryl/α,β-unsaturated/α-hetero) is 1. The fourth-order valence-electron chi connectivity index (χ4n) is 7.72. The van der Waals surface area contributed by atoms with Gasteiger partial charge in [-0.25, -0.2) is 0 Å². The third kappa shape index (κ3) is 3.75. The molecule has 2 atom stereocenters. The molecule has 5 aromatic carbocycles. The standard InChI is InChI=1S/C40H35NO/c1-4-41-35-25-24-30-20-14-15-23-33(30)36(35)39(2,3)40(41)27-32(28-16-8-5-9-17-28)26-34(29-18-10-6-11-19-29)37(40)38(42)31-21-12-7-13-22-31/h5-27,37H,4H2,1-3H3/t37-,40+/m0/s1. The number of carbonyl (C=O) groups excluding carboxylic acids is 1. The third-order valence-corrected chi connectivity index (χ3v) is 9.56. The summed E-state index contributed by atoms with van der Waals surface area (Å²) in [4.78, 5) is 17.6. The Balaban J connectivity index is 1.60. The van der Waals surface area contributed by atoms with E-state index < -0.39 is 16.9 Å². The average molecular weight is 546 g/mol. The van der Waals surface area contributed by atoms with Gasteiger partial charge in [-0.2, -0.15) is 0 Å². The molecule has 2 nitrogen and oxygen atoms in total. The molecule has 0 amide bonds. The molecule has 0 N–H and O–H groups in total. The number of fused-ring (bicyclic) bond motifs is 3. The molecule has 42 heavy (non-hydrogen) atoms. The summed E-state index contributed by atoms with van der Waals surface area (Å²) >= 11 is 0. The molecule has 1 aliphatic carbocycles. The quantitative estimate of drug-likeness (QED) is 0.205. The molecule has 0 bridgehead atoms. The van der Waals surface area contributed by atoms with Crippen molar-refractivity contribution in [1.29, 1.82) is 0 Å². The summed E-state index contributed by atoms with van der Waals surface area (Å²) in [5.41, 5.74) is 6.65. The number of hydrogen-bond donors (Lipinski definition) is 0. The zero-order chi connectivity index (χ0) is 28.9. The van der Waals surface area contributed by atoms with Gasteiger partial charge in [-0.1, -0.05) is 135 Å². The molecule has 2 heteroatoms. The van der Waals surface area contributed by atoms with Crippen molar-refractivity contribution in [3.8, 4) is 0 Å². The molecule has 206 valence electrons. The van der Waals surface area contributed by atoms with Crippen molar-refractivity contribution in [2.24, 2.45) is 5.92 Å². The van der Waals surface area contributed by atoms with Gasteiger partial charge in [-0.3, -0.25) is 4.79 Å². The van der Waals surface area contributed by atoms with Crippen LogP contribution < -0.4 is 4.90 Å². The Kier molecular flexibility index (Phi) is 6.24. The maximum Gasteiger partial charge on any atom is 0.173 e. The smallest absolute Gasteiger partial charge is 0.173 e. The van der Waals surface area contributed by atoms with E-state index in [1.54, 1.807) is 0 Å². The van der Waals surface area contributed by atoms with E-state index in [0.717, 1.165) is 34.4 Å². The highest BCUT2D eigenvalue weighted by Crippen LogP contribution is 2.62. The molecule has 1 aliphatic heterocycles. The number of likely N-dealkylation sites (N-methyl/N-ethyl adjacent to an activating group) is 1. The lowest BCUT2D eigenvalue weighted by Gasteiger charge is -2.53. The van der Waals surface area contributed by atoms with Crippen LogP contribution in [0.15, 0.2) is 140 Å². The molecule has 0 radical (unpaired) electrons. The maximum absolute atomic E-state index is 15.1. The molecule has 7 rings (SSSR count). The van der Waals surface area contributed by atoms with Crippen molar-refractivity contribution in [3.63, 3.8) is 0 Å². The minimum atomic E-state index is -0.660. The number of rotatable bonds is 5. The van der Waals surface area contributed by atoms with Crippen molar-refractivity contribution >= 4 is 33.4 Å². The van der Waals surface area contributed by atoms with E-state index in [1.807, 2.05) is 36.4 Å². The minimum Gasteiger partial charge on any atom is -0.360 e. The lowest BCUT2D eigenvalue weighted by molar-refractivity contribution is 0.0883. The average Bonchev–Trinajstić information content (AvgIpc) is 3.23. The lowest BCUT2D eigenvalue weighted by Crippen LogP contribution is -2.62. The van der Waals surface area contributed by atoms with Gasteiger partial charge < -0.3 is 4.90 Å². The van der Waals surface area contributed by atoms with Crippen LogP contribution in [0.1, 0.15) is 47.8 Å². The number of benzene rings is 5. The Hall–Kier alpha value is -4.69. The van der Waals surface area contributed by atoms with Crippen LogP contribution in [0, 0.1) is 5.92 Å². The number of anilines is 1. The summed E-state index contributed by atoms with van der Waals surface area (Å²) in [6.07, 6.45) is 4.70. The fourth-order valence-corrected chi connectivity index (χ4v) is 7.72. The van der Waals surface area contributed by atoms with Gasteiger partial charge in [0.05, 0.1) is 11.5 Å². The van der Waals surface area contributed by atoms with E-state index in [2.05, 4.69) is 129 Å². The summed E-state index contributed by atoms with van der Waals surface area (Å²) in [5.74, 6) is -0.284. The van der Waals surface area contributed by atoms with Crippen LogP contribution in [0.4, 0.5) is 5.69 Å². The van der Waals surface area contributed by atoms with Gasteiger partial charge in [0.2, 0.25) is 0 Å². The van der Waals surface area contributed by atoms with E-state index in [0.29, 0.717) is 0 Å². The lowest BCUT2D eigenvalue weighted by atomic mass is 9.56. The first kappa shape index (κ1) is 26.2. The van der Waals surface area contributed by atoms with Gasteiger partial charge in [0.1, 0.15) is 0 Å². The summed E-state index contributed by atoms with van der Waals surface area (Å²) in [7, 11) is 0. The summed E-state index contributed by atoms with van der Waals surface area (Å²) in [5, 5.41) is 2.48. The molecule has 1 spiro atoms. The monoisotopic (exact) mass is 545 g/mol. The molecule has 0 saturated heterocycles. The fraction of sp³-hybridized carbons (Fsp3) is 0.175. The van der Waals surface area contributed by atoms with Gasteiger partial charge in [0.15, 0.2) is 5.78 Å². The third-order valence-electron chi connectivity index (χ3n) is 9.56. The van der Waals surface area contributed by atoms with Crippen LogP contribution in [0.5, 0.6) is 0 Å². The van der Waals surface area contributed by atoms with Crippen LogP contribution in [0.3, 0.4) is 0 Å². The van der Waals surface area contributed by atoms with Crippen LogP contribution in [0.2, 0.25) is 0 Å². The number of carbonyl (C=O) groups is 1. The molecule has 2 aliphatic rings. The molecule has 1 heterocycles. The zero-order valence-corrected chi connectivity index (χ0v) is 24.4. The Morgan fingerprint density at radius 3 is 1.98 bits per heavy atom. The normalized spacial score (nSPS) is 20.7. The van der Waals surface area contributed by atoms with Crippen molar-refractivity contribution in [1.82, 2.24) is 0 Å².